The molecular weight excluding hydrogens is 416 g/mol. The van der Waals surface area contributed by atoms with E-state index in [0.717, 1.165) is 23.9 Å². The van der Waals surface area contributed by atoms with E-state index >= 15 is 0 Å². The quantitative estimate of drug-likeness (QED) is 0.678. The number of benzene rings is 1. The Balaban J connectivity index is 1.96. The van der Waals surface area contributed by atoms with Crippen molar-refractivity contribution < 1.29 is 28.1 Å². The molecule has 3 rings (SSSR count). The van der Waals surface area contributed by atoms with Gasteiger partial charge in [0.25, 0.3) is 5.91 Å². The fraction of sp³-hybridized carbons (Fsp3) is 0.350. The van der Waals surface area contributed by atoms with E-state index in [0.29, 0.717) is 19.8 Å². The van der Waals surface area contributed by atoms with E-state index in [1.807, 2.05) is 0 Å². The van der Waals surface area contributed by atoms with Crippen molar-refractivity contribution in [1.29, 1.82) is 0 Å². The summed E-state index contributed by atoms with van der Waals surface area (Å²) in [6.07, 6.45) is 4.24. The van der Waals surface area contributed by atoms with E-state index in [1.165, 1.54) is 0 Å². The average molecular weight is 438 g/mol. The van der Waals surface area contributed by atoms with Crippen molar-refractivity contribution in [3.63, 3.8) is 0 Å². The van der Waals surface area contributed by atoms with Gasteiger partial charge in [0.1, 0.15) is 11.3 Å². The number of para-hydroxylation sites is 1. The van der Waals surface area contributed by atoms with Crippen LogP contribution in [0.5, 0.6) is 11.6 Å². The van der Waals surface area contributed by atoms with Crippen molar-refractivity contribution in [3.8, 4) is 11.6 Å². The first-order valence-electron chi connectivity index (χ1n) is 9.57. The van der Waals surface area contributed by atoms with Gasteiger partial charge in [0, 0.05) is 24.8 Å². The Kier molecular flexibility index (Phi) is 5.76. The molecule has 1 atom stereocenters. The lowest BCUT2D eigenvalue weighted by Gasteiger charge is -2.17. The molecule has 1 aliphatic carbocycles. The molecule has 7 nitrogen and oxygen atoms in total. The summed E-state index contributed by atoms with van der Waals surface area (Å²) in [5.74, 6) is -5.47. The lowest BCUT2D eigenvalue weighted by molar-refractivity contribution is 0.00707. The van der Waals surface area contributed by atoms with Gasteiger partial charge in [0.15, 0.2) is 9.84 Å². The number of hydrogen-bond donors (Lipinski definition) is 1. The van der Waals surface area contributed by atoms with Gasteiger partial charge in [0.2, 0.25) is 11.7 Å². The lowest BCUT2D eigenvalue weighted by Crippen LogP contribution is -2.35. The predicted molar refractivity (Wildman–Crippen MR) is 106 cm³/mol. The first-order valence-corrected chi connectivity index (χ1v) is 11.0. The molecule has 1 aromatic carbocycles. The molecule has 0 radical (unpaired) electrons. The first-order chi connectivity index (χ1) is 14.4. The summed E-state index contributed by atoms with van der Waals surface area (Å²) < 4.78 is 64.5. The molecule has 160 valence electrons. The fourth-order valence-electron chi connectivity index (χ4n) is 2.48. The van der Waals surface area contributed by atoms with Crippen molar-refractivity contribution in [1.82, 2.24) is 15.3 Å². The number of ether oxygens (including phenoxy) is 1. The maximum atomic E-state index is 13.7. The number of aromatic nitrogens is 2. The first kappa shape index (κ1) is 20.4. The van der Waals surface area contributed by atoms with Crippen LogP contribution in [0.1, 0.15) is 37.3 Å². The van der Waals surface area contributed by atoms with Gasteiger partial charge >= 0.3 is 5.92 Å². The smallest absolute Gasteiger partial charge is 0.303 e. The highest BCUT2D eigenvalue weighted by Crippen LogP contribution is 2.34. The number of rotatable bonds is 8. The highest BCUT2D eigenvalue weighted by molar-refractivity contribution is 7.93. The third-order valence-corrected chi connectivity index (χ3v) is 4.75. The molecule has 1 heterocycles. The Morgan fingerprint density at radius 2 is 2.03 bits per heavy atom. The zero-order chi connectivity index (χ0) is 22.9. The average Bonchev–Trinajstić information content (AvgIpc) is 3.52. The molecular formula is C20H21F2N3O4S. The van der Waals surface area contributed by atoms with Crippen molar-refractivity contribution in [3.05, 3.63) is 59.4 Å². The van der Waals surface area contributed by atoms with Gasteiger partial charge < -0.3 is 10.1 Å². The molecule has 1 aromatic heterocycles. The number of carbonyl (C=O) groups is 1. The summed E-state index contributed by atoms with van der Waals surface area (Å²) in [4.78, 5) is 20.2. The molecule has 0 bridgehead atoms. The largest absolute Gasteiger partial charge is 0.438 e. The SMILES string of the molecule is [2H][C@](/C=C/S(C)(=O)=O)(NC(=O)c1cnc(C(C)(F)F)nc1Oc1ccccc1)C1CC1. The summed E-state index contributed by atoms with van der Waals surface area (Å²) >= 11 is 0. The van der Waals surface area contributed by atoms with Crippen molar-refractivity contribution in [2.24, 2.45) is 5.92 Å². The molecule has 0 spiro atoms. The van der Waals surface area contributed by atoms with Gasteiger partial charge in [-0.25, -0.2) is 13.4 Å². The van der Waals surface area contributed by atoms with Crippen LogP contribution in [-0.4, -0.2) is 36.6 Å². The van der Waals surface area contributed by atoms with E-state index in [1.54, 1.807) is 30.3 Å². The lowest BCUT2D eigenvalue weighted by atomic mass is 10.1. The number of alkyl halides is 2. The topological polar surface area (TPSA) is 98.2 Å². The monoisotopic (exact) mass is 438 g/mol. The van der Waals surface area contributed by atoms with Gasteiger partial charge in [-0.1, -0.05) is 24.3 Å². The molecule has 0 unspecified atom stereocenters. The standard InChI is InChI=1S/C20H21F2N3O4S/c1-20(21,22)19-23-12-15(18(25-19)29-14-6-4-3-5-7-14)17(26)24-16(13-8-9-13)10-11-30(2,27)28/h3-7,10-13,16H,8-9H2,1-2H3,(H,24,26)/b11-10+/t16-/m1/s1/i16D. The number of nitrogens with one attached hydrogen (secondary N) is 1. The van der Waals surface area contributed by atoms with E-state index < -0.39 is 39.4 Å². The van der Waals surface area contributed by atoms with Gasteiger partial charge in [0.05, 0.1) is 7.39 Å². The number of hydrogen-bond acceptors (Lipinski definition) is 6. The second kappa shape index (κ2) is 8.47. The number of carbonyl (C=O) groups excluding carboxylic acids is 1. The predicted octanol–water partition coefficient (Wildman–Crippen LogP) is 3.45. The zero-order valence-electron chi connectivity index (χ0n) is 17.3. The molecule has 2 aromatic rings. The maximum absolute atomic E-state index is 13.7. The number of amides is 1. The summed E-state index contributed by atoms with van der Waals surface area (Å²) in [6, 6.07) is 6.46. The Morgan fingerprint density at radius 1 is 1.37 bits per heavy atom. The van der Waals surface area contributed by atoms with Crippen LogP contribution >= 0.6 is 0 Å². The van der Waals surface area contributed by atoms with Crippen LogP contribution in [-0.2, 0) is 15.8 Å². The van der Waals surface area contributed by atoms with Crippen LogP contribution < -0.4 is 10.1 Å². The van der Waals surface area contributed by atoms with E-state index in [2.05, 4.69) is 15.3 Å². The van der Waals surface area contributed by atoms with Crippen LogP contribution in [0, 0.1) is 5.92 Å². The highest BCUT2D eigenvalue weighted by Gasteiger charge is 2.33. The van der Waals surface area contributed by atoms with Crippen LogP contribution in [0.3, 0.4) is 0 Å². The molecule has 10 heteroatoms. The highest BCUT2D eigenvalue weighted by atomic mass is 32.2. The molecule has 1 saturated carbocycles. The van der Waals surface area contributed by atoms with Crippen LogP contribution in [0.4, 0.5) is 8.78 Å². The Morgan fingerprint density at radius 3 is 2.60 bits per heavy atom. The van der Waals surface area contributed by atoms with E-state index in [9.17, 15) is 22.0 Å². The van der Waals surface area contributed by atoms with Gasteiger partial charge in [-0.05, 0) is 30.9 Å². The van der Waals surface area contributed by atoms with Crippen LogP contribution in [0.15, 0.2) is 48.0 Å². The fourth-order valence-corrected chi connectivity index (χ4v) is 2.87. The van der Waals surface area contributed by atoms with Gasteiger partial charge in [-0.3, -0.25) is 4.79 Å². The second-order valence-corrected chi connectivity index (χ2v) is 8.96. The van der Waals surface area contributed by atoms with Gasteiger partial charge in [-0.15, -0.1) is 0 Å². The third-order valence-electron chi connectivity index (χ3n) is 4.12. The number of sulfone groups is 1. The molecule has 1 aliphatic rings. The molecule has 0 aliphatic heterocycles. The molecule has 1 N–H and O–H groups in total. The van der Waals surface area contributed by atoms with Crippen molar-refractivity contribution in [2.75, 3.05) is 6.26 Å². The Hall–Kier alpha value is -2.88. The summed E-state index contributed by atoms with van der Waals surface area (Å²) in [6.45, 7) is 0.617. The number of nitrogens with zero attached hydrogens (tertiary/aromatic N) is 2. The Bertz CT molecular complexity index is 1100. The van der Waals surface area contributed by atoms with Crippen LogP contribution in [0.25, 0.3) is 0 Å². The van der Waals surface area contributed by atoms with Crippen LogP contribution in [0.2, 0.25) is 0 Å². The molecule has 1 amide bonds. The minimum atomic E-state index is -3.52. The Labute approximate surface area is 174 Å². The normalized spacial score (nSPS) is 17.3. The molecule has 1 fully saturated rings. The van der Waals surface area contributed by atoms with Gasteiger partial charge in [-0.2, -0.15) is 13.8 Å². The second-order valence-electron chi connectivity index (χ2n) is 7.03. The zero-order valence-corrected chi connectivity index (χ0v) is 17.1. The molecule has 30 heavy (non-hydrogen) atoms. The van der Waals surface area contributed by atoms with E-state index in [4.69, 9.17) is 6.11 Å². The summed E-state index contributed by atoms with van der Waals surface area (Å²) in [7, 11) is -3.52. The maximum Gasteiger partial charge on any atom is 0.303 e. The molecule has 0 saturated heterocycles. The minimum Gasteiger partial charge on any atom is -0.438 e. The minimum absolute atomic E-state index is 0.261. The third kappa shape index (κ3) is 6.06. The van der Waals surface area contributed by atoms with Crippen molar-refractivity contribution >= 4 is 15.7 Å². The number of halogens is 2. The summed E-state index contributed by atoms with van der Waals surface area (Å²) in [5, 5.41) is 3.32. The summed E-state index contributed by atoms with van der Waals surface area (Å²) in [5.41, 5.74) is -0.262. The van der Waals surface area contributed by atoms with Crippen molar-refractivity contribution in [2.45, 2.75) is 31.7 Å². The van der Waals surface area contributed by atoms with E-state index in [-0.39, 0.29) is 17.2 Å².